The van der Waals surface area contributed by atoms with Crippen LogP contribution in [0.2, 0.25) is 0 Å². The van der Waals surface area contributed by atoms with Crippen LogP contribution >= 0.6 is 11.3 Å². The van der Waals surface area contributed by atoms with Crippen molar-refractivity contribution in [3.8, 4) is 11.3 Å². The molecule has 10 nitrogen and oxygen atoms in total. The number of aryl methyl sites for hydroxylation is 1. The molecule has 0 bridgehead atoms. The van der Waals surface area contributed by atoms with Crippen LogP contribution < -0.4 is 10.2 Å². The van der Waals surface area contributed by atoms with Crippen LogP contribution in [0.15, 0.2) is 36.7 Å². The van der Waals surface area contributed by atoms with Gasteiger partial charge in [-0.3, -0.25) is 5.10 Å². The van der Waals surface area contributed by atoms with Gasteiger partial charge in [0.05, 0.1) is 18.1 Å². The third-order valence-corrected chi connectivity index (χ3v) is 7.97. The second kappa shape index (κ2) is 8.36. The Bertz CT molecular complexity index is 1410. The summed E-state index contributed by atoms with van der Waals surface area (Å²) in [6.45, 7) is 5.61. The number of sulfonamides is 1. The molecule has 0 saturated carbocycles. The summed E-state index contributed by atoms with van der Waals surface area (Å²) in [5, 5.41) is 11.0. The van der Waals surface area contributed by atoms with E-state index in [9.17, 15) is 8.42 Å². The summed E-state index contributed by atoms with van der Waals surface area (Å²) in [4.78, 5) is 16.8. The molecule has 0 aliphatic carbocycles. The van der Waals surface area contributed by atoms with Crippen molar-refractivity contribution in [2.45, 2.75) is 19.9 Å². The Labute approximate surface area is 195 Å². The summed E-state index contributed by atoms with van der Waals surface area (Å²) < 4.78 is 25.4. The van der Waals surface area contributed by atoms with E-state index in [1.165, 1.54) is 17.6 Å². The lowest BCUT2D eigenvalue weighted by atomic mass is 10.2. The van der Waals surface area contributed by atoms with Gasteiger partial charge in [-0.05, 0) is 32.0 Å². The zero-order valence-corrected chi connectivity index (χ0v) is 20.1. The van der Waals surface area contributed by atoms with E-state index in [2.05, 4.69) is 30.4 Å². The van der Waals surface area contributed by atoms with Gasteiger partial charge in [-0.2, -0.15) is 9.40 Å². The van der Waals surface area contributed by atoms with Crippen molar-refractivity contribution < 1.29 is 8.42 Å². The first-order valence-electron chi connectivity index (χ1n) is 10.5. The van der Waals surface area contributed by atoms with Crippen LogP contribution in [0, 0.1) is 6.92 Å². The molecule has 172 valence electrons. The summed E-state index contributed by atoms with van der Waals surface area (Å²) in [5.74, 6) is 0.677. The molecular formula is C21H24N8O2S2. The molecule has 1 saturated heterocycles. The lowest BCUT2D eigenvalue weighted by molar-refractivity contribution is 0.309. The minimum absolute atomic E-state index is 0.0956. The zero-order chi connectivity index (χ0) is 23.2. The van der Waals surface area contributed by atoms with Gasteiger partial charge in [0.25, 0.3) is 0 Å². The average molecular weight is 485 g/mol. The summed E-state index contributed by atoms with van der Waals surface area (Å²) in [5.41, 5.74) is 4.60. The number of rotatable bonds is 5. The normalized spacial score (nSPS) is 17.5. The van der Waals surface area contributed by atoms with Gasteiger partial charge in [-0.15, -0.1) is 0 Å². The summed E-state index contributed by atoms with van der Waals surface area (Å²) >= 11 is 1.46. The maximum Gasteiger partial charge on any atom is 0.211 e. The van der Waals surface area contributed by atoms with Gasteiger partial charge in [0.15, 0.2) is 5.13 Å². The number of H-pyrrole nitrogens is 1. The minimum Gasteiger partial charge on any atom is -0.368 e. The van der Waals surface area contributed by atoms with Crippen molar-refractivity contribution in [3.63, 3.8) is 0 Å². The van der Waals surface area contributed by atoms with Crippen molar-refractivity contribution in [2.75, 3.05) is 36.1 Å². The summed E-state index contributed by atoms with van der Waals surface area (Å²) in [6.07, 6.45) is 4.78. The van der Waals surface area contributed by atoms with Crippen molar-refractivity contribution in [1.82, 2.24) is 29.5 Å². The second-order valence-electron chi connectivity index (χ2n) is 8.14. The molecule has 2 N–H and O–H groups in total. The van der Waals surface area contributed by atoms with E-state index in [4.69, 9.17) is 4.98 Å². The smallest absolute Gasteiger partial charge is 0.211 e. The van der Waals surface area contributed by atoms with Gasteiger partial charge < -0.3 is 10.2 Å². The lowest BCUT2D eigenvalue weighted by Gasteiger charge is -2.39. The molecule has 0 radical (unpaired) electrons. The first-order valence-corrected chi connectivity index (χ1v) is 13.2. The topological polar surface area (TPSA) is 120 Å². The van der Waals surface area contributed by atoms with E-state index in [1.54, 1.807) is 16.7 Å². The largest absolute Gasteiger partial charge is 0.368 e. The Balaban J connectivity index is 1.34. The van der Waals surface area contributed by atoms with E-state index in [1.807, 2.05) is 38.1 Å². The molecule has 4 aromatic rings. The quantitative estimate of drug-likeness (QED) is 0.444. The minimum atomic E-state index is -3.20. The molecule has 1 aliphatic rings. The number of hydrogen-bond donors (Lipinski definition) is 2. The van der Waals surface area contributed by atoms with E-state index in [0.29, 0.717) is 30.6 Å². The number of thiazole rings is 1. The number of hydrogen-bond acceptors (Lipinski definition) is 9. The number of nitrogens with one attached hydrogen (secondary N) is 2. The first kappa shape index (κ1) is 21.7. The third kappa shape index (κ3) is 4.41. The number of anilines is 3. The molecule has 33 heavy (non-hydrogen) atoms. The van der Waals surface area contributed by atoms with Crippen LogP contribution in [0.25, 0.3) is 21.6 Å². The number of piperazine rings is 1. The third-order valence-electron chi connectivity index (χ3n) is 5.70. The maximum absolute atomic E-state index is 11.9. The van der Waals surface area contributed by atoms with E-state index >= 15 is 0 Å². The van der Waals surface area contributed by atoms with Crippen molar-refractivity contribution in [1.29, 1.82) is 0 Å². The fraction of sp³-hybridized carbons (Fsp3) is 0.333. The first-order chi connectivity index (χ1) is 15.8. The highest BCUT2D eigenvalue weighted by molar-refractivity contribution is 7.88. The Morgan fingerprint density at radius 3 is 2.79 bits per heavy atom. The number of nitrogens with zero attached hydrogens (tertiary/aromatic N) is 6. The monoisotopic (exact) mass is 484 g/mol. The highest BCUT2D eigenvalue weighted by atomic mass is 32.2. The molecule has 1 atom stereocenters. The molecule has 0 amide bonds. The van der Waals surface area contributed by atoms with Gasteiger partial charge in [0, 0.05) is 54.9 Å². The van der Waals surface area contributed by atoms with Gasteiger partial charge in [0.2, 0.25) is 10.0 Å². The predicted molar refractivity (Wildman–Crippen MR) is 130 cm³/mol. The molecular weight excluding hydrogens is 460 g/mol. The van der Waals surface area contributed by atoms with Crippen LogP contribution in [0.5, 0.6) is 0 Å². The molecule has 5 rings (SSSR count). The highest BCUT2D eigenvalue weighted by Crippen LogP contribution is 2.30. The Morgan fingerprint density at radius 1 is 1.21 bits per heavy atom. The van der Waals surface area contributed by atoms with Gasteiger partial charge in [0.1, 0.15) is 16.2 Å². The lowest BCUT2D eigenvalue weighted by Crippen LogP contribution is -2.53. The number of pyridine rings is 2. The van der Waals surface area contributed by atoms with Gasteiger partial charge in [-0.1, -0.05) is 11.3 Å². The van der Waals surface area contributed by atoms with Crippen LogP contribution in [-0.2, 0) is 10.0 Å². The van der Waals surface area contributed by atoms with E-state index in [0.717, 1.165) is 33.0 Å². The highest BCUT2D eigenvalue weighted by Gasteiger charge is 2.30. The molecule has 1 fully saturated rings. The number of aromatic nitrogens is 5. The van der Waals surface area contributed by atoms with Crippen LogP contribution in [0.1, 0.15) is 12.6 Å². The molecule has 12 heteroatoms. The average Bonchev–Trinajstić information content (AvgIpc) is 3.37. The Morgan fingerprint density at radius 2 is 2.06 bits per heavy atom. The SMILES string of the molecule is Cc1[nH]ncc1-c1ccc2nc(Nc3cc(N4CCN(S(C)(=O)=O)[C@@H](C)C4)ccn3)sc2n1. The standard InChI is InChI=1S/C21H24N8O2S2/c1-13-12-28(8-9-29(13)33(3,30)31)15-6-7-22-19(10-15)26-21-25-18-5-4-17(24-20(18)32-21)16-11-23-27-14(16)2/h4-7,10-11,13H,8-9,12H2,1-3H3,(H,23,27)(H,22,25,26)/t13-/m0/s1. The molecule has 1 aliphatic heterocycles. The Kier molecular flexibility index (Phi) is 5.51. The fourth-order valence-electron chi connectivity index (χ4n) is 4.09. The van der Waals surface area contributed by atoms with Crippen molar-refractivity contribution >= 4 is 48.3 Å². The predicted octanol–water partition coefficient (Wildman–Crippen LogP) is 3.00. The van der Waals surface area contributed by atoms with Crippen molar-refractivity contribution in [2.24, 2.45) is 0 Å². The van der Waals surface area contributed by atoms with Gasteiger partial charge >= 0.3 is 0 Å². The molecule has 4 aromatic heterocycles. The van der Waals surface area contributed by atoms with E-state index < -0.39 is 10.0 Å². The van der Waals surface area contributed by atoms with Crippen LogP contribution in [0.4, 0.5) is 16.6 Å². The molecule has 0 spiro atoms. The number of fused-ring (bicyclic) bond motifs is 1. The van der Waals surface area contributed by atoms with Gasteiger partial charge in [-0.25, -0.2) is 23.4 Å². The Hall–Kier alpha value is -3.09. The molecule has 0 aromatic carbocycles. The van der Waals surface area contributed by atoms with E-state index in [-0.39, 0.29) is 6.04 Å². The number of aromatic amines is 1. The second-order valence-corrected chi connectivity index (χ2v) is 11.1. The van der Waals surface area contributed by atoms with Crippen LogP contribution in [0.3, 0.4) is 0 Å². The molecule has 5 heterocycles. The van der Waals surface area contributed by atoms with Crippen molar-refractivity contribution in [3.05, 3.63) is 42.4 Å². The maximum atomic E-state index is 11.9. The zero-order valence-electron chi connectivity index (χ0n) is 18.5. The fourth-order valence-corrected chi connectivity index (χ4v) is 6.07. The molecule has 0 unspecified atom stereocenters. The summed E-state index contributed by atoms with van der Waals surface area (Å²) in [6, 6.07) is 7.70. The van der Waals surface area contributed by atoms with Crippen LogP contribution in [-0.4, -0.2) is 69.8 Å². The summed E-state index contributed by atoms with van der Waals surface area (Å²) in [7, 11) is -3.20.